The average Bonchev–Trinajstić information content (AvgIpc) is 3.54. The Labute approximate surface area is 502 Å². The zero-order valence-corrected chi connectivity index (χ0v) is 50.0. The van der Waals surface area contributed by atoms with Crippen LogP contribution in [0.5, 0.6) is 17.2 Å². The summed E-state index contributed by atoms with van der Waals surface area (Å²) in [5.74, 6) is -1.54. The predicted molar refractivity (Wildman–Crippen MR) is 308 cm³/mol. The summed E-state index contributed by atoms with van der Waals surface area (Å²) >= 11 is 0. The Morgan fingerprint density at radius 2 is 0.573 bits per heavy atom. The second kappa shape index (κ2) is 32.2. The van der Waals surface area contributed by atoms with Gasteiger partial charge < -0.3 is 59.1 Å². The van der Waals surface area contributed by atoms with Crippen LogP contribution in [0.25, 0.3) is 0 Å². The first-order valence-corrected chi connectivity index (χ1v) is 27.4. The zero-order valence-electron chi connectivity index (χ0n) is 48.0. The fourth-order valence-electron chi connectivity index (χ4n) is 9.25. The van der Waals surface area contributed by atoms with E-state index in [9.17, 15) is 28.8 Å². The number of nitrogens with one attached hydrogen (secondary N) is 3. The van der Waals surface area contributed by atoms with Crippen molar-refractivity contribution in [3.63, 3.8) is 0 Å². The third kappa shape index (κ3) is 17.5. The number of carbonyl (C=O) groups excluding carboxylic acids is 6. The normalized spacial score (nSPS) is 12.2. The molecule has 0 aliphatic carbocycles. The van der Waals surface area contributed by atoms with Crippen LogP contribution in [0, 0.1) is 0 Å². The predicted octanol–water partition coefficient (Wildman–Crippen LogP) is 6.65. The molecule has 0 aromatic heterocycles. The van der Waals surface area contributed by atoms with Crippen LogP contribution in [0.4, 0.5) is 17.1 Å². The molecule has 1 aliphatic heterocycles. The number of para-hydroxylation sites is 3. The number of fused-ring (bicyclic) bond motifs is 6. The number of likely N-dealkylation sites (N-methyl/N-ethyl adjacent to an activating group) is 3. The Balaban J connectivity index is 0.0000108. The minimum atomic E-state index is -0.456. The maximum atomic E-state index is 14.3. The molecule has 7 rings (SSSR count). The van der Waals surface area contributed by atoms with E-state index in [-0.39, 0.29) is 141 Å². The quantitative estimate of drug-likeness (QED) is 0.0649. The molecule has 3 N–H and O–H groups in total. The van der Waals surface area contributed by atoms with Gasteiger partial charge in [0.2, 0.25) is 0 Å². The van der Waals surface area contributed by atoms with Crippen molar-refractivity contribution in [3.8, 4) is 17.2 Å². The van der Waals surface area contributed by atoms with E-state index >= 15 is 0 Å². The van der Waals surface area contributed by atoms with E-state index < -0.39 is 17.7 Å². The molecule has 0 fully saturated rings. The number of hydrogen-bond donors (Lipinski definition) is 3. The molecule has 0 unspecified atom stereocenters. The maximum Gasteiger partial charge on any atom is 1.00 e. The van der Waals surface area contributed by atoms with Crippen molar-refractivity contribution in [3.05, 3.63) is 177 Å². The monoisotopic (exact) mass is 1130 g/mol. The Kier molecular flexibility index (Phi) is 24.9. The Morgan fingerprint density at radius 3 is 0.768 bits per heavy atom. The topological polar surface area (TPSA) is 204 Å². The van der Waals surface area contributed by atoms with Crippen LogP contribution in [-0.4, -0.2) is 109 Å². The molecule has 0 radical (unpaired) electrons. The molecule has 6 bridgehead atoms. The average molecular weight is 1130 g/mol. The van der Waals surface area contributed by atoms with E-state index in [1.807, 2.05) is 59.7 Å². The summed E-state index contributed by atoms with van der Waals surface area (Å²) in [6.45, 7) is 11.6. The van der Waals surface area contributed by atoms with Crippen LogP contribution in [-0.2, 0) is 68.2 Å². The molecule has 0 saturated heterocycles. The summed E-state index contributed by atoms with van der Waals surface area (Å²) < 4.78 is 39.1. The van der Waals surface area contributed by atoms with Gasteiger partial charge in [-0.15, -0.1) is 0 Å². The number of amides is 6. The van der Waals surface area contributed by atoms with Crippen LogP contribution in [0.1, 0.15) is 106 Å². The van der Waals surface area contributed by atoms with Gasteiger partial charge in [0, 0.05) is 106 Å². The van der Waals surface area contributed by atoms with Gasteiger partial charge in [0.1, 0.15) is 17.2 Å². The Hall–Kier alpha value is -7.58. The zero-order chi connectivity index (χ0) is 57.7. The number of rotatable bonds is 21. The summed E-state index contributed by atoms with van der Waals surface area (Å²) in [5.41, 5.74) is 4.56. The number of ether oxygens (including phenoxy) is 6. The van der Waals surface area contributed by atoms with Crippen molar-refractivity contribution in [2.45, 2.75) is 81.2 Å². The number of hydrogen-bond acceptors (Lipinski definition) is 12. The van der Waals surface area contributed by atoms with E-state index in [0.717, 1.165) is 0 Å². The van der Waals surface area contributed by atoms with Crippen LogP contribution in [0.3, 0.4) is 0 Å². The fraction of sp³-hybridized carbons (Fsp3) is 0.333. The van der Waals surface area contributed by atoms with Gasteiger partial charge in [0.05, 0.1) is 39.6 Å². The van der Waals surface area contributed by atoms with Crippen molar-refractivity contribution in [2.24, 2.45) is 0 Å². The van der Waals surface area contributed by atoms with Crippen molar-refractivity contribution in [1.29, 1.82) is 0 Å². The standard InChI is InChI=1S/C63H72N6O12.Na/c1-7-67(8-2)55(70)40-79-58-46-28-43(61(73)64-52-22-16-13-17-23-52)29-47(58)35-77-37-49-31-45(63(75)66-54-26-20-15-21-27-54)33-51(60(49)81-42-57(72)69(11-5)12-6)39-78-38-50-32-44(62(74)65-53-24-18-14-19-25-53)30-48(36-76-34-46)59(50)80-41-56(71)68(9-3)10-4;/h13-33H,7-12,34-42H2,1-6H3,(H,64,73)(H,65,74)(H,66,75);/q;+1. The first-order valence-electron chi connectivity index (χ1n) is 27.4. The molecule has 1 heterocycles. The summed E-state index contributed by atoms with van der Waals surface area (Å²) in [6.07, 6.45) is 0. The summed E-state index contributed by atoms with van der Waals surface area (Å²) in [6, 6.07) is 36.6. The summed E-state index contributed by atoms with van der Waals surface area (Å²) in [7, 11) is 0. The number of benzene rings is 6. The summed E-state index contributed by atoms with van der Waals surface area (Å²) in [5, 5.41) is 8.88. The molecule has 0 saturated carbocycles. The van der Waals surface area contributed by atoms with Crippen molar-refractivity contribution < 1.29 is 86.7 Å². The van der Waals surface area contributed by atoms with Crippen molar-refractivity contribution in [1.82, 2.24) is 14.7 Å². The van der Waals surface area contributed by atoms with Gasteiger partial charge in [0.25, 0.3) is 35.4 Å². The largest absolute Gasteiger partial charge is 1.00 e. The molecule has 6 aromatic carbocycles. The molecule has 1 aliphatic rings. The van der Waals surface area contributed by atoms with Gasteiger partial charge in [-0.3, -0.25) is 28.8 Å². The smallest absolute Gasteiger partial charge is 0.483 e. The molecule has 6 aromatic rings. The number of carbonyl (C=O) groups is 6. The molecule has 0 spiro atoms. The van der Waals surface area contributed by atoms with E-state index in [4.69, 9.17) is 28.4 Å². The minimum absolute atomic E-state index is 0. The van der Waals surface area contributed by atoms with E-state index in [1.165, 1.54) is 0 Å². The maximum absolute atomic E-state index is 14.3. The van der Waals surface area contributed by atoms with Crippen LogP contribution in [0.2, 0.25) is 0 Å². The van der Waals surface area contributed by atoms with E-state index in [1.54, 1.807) is 124 Å². The second-order valence-electron chi connectivity index (χ2n) is 18.9. The van der Waals surface area contributed by atoms with Gasteiger partial charge in [-0.1, -0.05) is 54.6 Å². The Bertz CT molecular complexity index is 2710. The molecule has 0 atom stereocenters. The van der Waals surface area contributed by atoms with Crippen LogP contribution < -0.4 is 59.7 Å². The number of anilines is 3. The molecular formula is C63H72N6NaO12+. The minimum Gasteiger partial charge on any atom is -0.483 e. The van der Waals surface area contributed by atoms with Gasteiger partial charge in [-0.05, 0) is 114 Å². The molecule has 18 nitrogen and oxygen atoms in total. The first kappa shape index (κ1) is 63.6. The van der Waals surface area contributed by atoms with Gasteiger partial charge in [0.15, 0.2) is 19.8 Å². The summed E-state index contributed by atoms with van der Waals surface area (Å²) in [4.78, 5) is 88.7. The molecular weight excluding hydrogens is 1060 g/mol. The molecule has 426 valence electrons. The van der Waals surface area contributed by atoms with Gasteiger partial charge in [-0.2, -0.15) is 0 Å². The third-order valence-corrected chi connectivity index (χ3v) is 13.5. The van der Waals surface area contributed by atoms with Crippen molar-refractivity contribution in [2.75, 3.05) is 75.0 Å². The SMILES string of the molecule is CCN(CC)C(=O)COc1c2cc(C(=O)Nc3ccccc3)cc1COCc1cc(C(=O)Nc3ccccc3)cc(c1OCC(=O)N(CC)CC)COCc1cc(C(=O)Nc3ccccc3)cc(c1OCC(=O)N(CC)CC)COC2.[Na+]. The van der Waals surface area contributed by atoms with E-state index in [2.05, 4.69) is 16.0 Å². The molecule has 6 amide bonds. The Morgan fingerprint density at radius 1 is 0.366 bits per heavy atom. The van der Waals surface area contributed by atoms with Crippen LogP contribution >= 0.6 is 0 Å². The van der Waals surface area contributed by atoms with E-state index in [0.29, 0.717) is 89.7 Å². The second-order valence-corrected chi connectivity index (χ2v) is 18.9. The third-order valence-electron chi connectivity index (χ3n) is 13.5. The van der Waals surface area contributed by atoms with Gasteiger partial charge in [-0.25, -0.2) is 0 Å². The molecule has 82 heavy (non-hydrogen) atoms. The van der Waals surface area contributed by atoms with Crippen LogP contribution in [0.15, 0.2) is 127 Å². The van der Waals surface area contributed by atoms with Gasteiger partial charge >= 0.3 is 29.6 Å². The number of nitrogens with zero attached hydrogens (tertiary/aromatic N) is 3. The fourth-order valence-corrected chi connectivity index (χ4v) is 9.25. The van der Waals surface area contributed by atoms with Crippen molar-refractivity contribution >= 4 is 52.5 Å². The molecule has 19 heteroatoms. The first-order chi connectivity index (χ1) is 39.4.